The van der Waals surface area contributed by atoms with Crippen LogP contribution >= 0.6 is 0 Å². The Bertz CT molecular complexity index is 405. The minimum Gasteiger partial charge on any atom is -0.477 e. The number of carboxylic acid groups (broad SMARTS) is 2. The highest BCUT2D eigenvalue weighted by Gasteiger charge is 2.43. The average Bonchev–Trinajstić information content (AvgIpc) is 2.40. The van der Waals surface area contributed by atoms with Crippen molar-refractivity contribution in [1.82, 2.24) is 0 Å². The molecule has 0 heterocycles. The predicted molar refractivity (Wildman–Crippen MR) is 82.2 cm³/mol. The molecule has 0 spiro atoms. The van der Waals surface area contributed by atoms with Crippen molar-refractivity contribution in [3.63, 3.8) is 0 Å². The summed E-state index contributed by atoms with van der Waals surface area (Å²) in [5, 5.41) is 18.8. The van der Waals surface area contributed by atoms with Crippen molar-refractivity contribution in [2.75, 3.05) is 0 Å². The molecule has 1 fully saturated rings. The van der Waals surface area contributed by atoms with Crippen LogP contribution in [-0.2, 0) is 9.59 Å². The zero-order valence-electron chi connectivity index (χ0n) is 13.4. The van der Waals surface area contributed by atoms with E-state index in [1.807, 2.05) is 6.92 Å². The number of carboxylic acids is 2. The fourth-order valence-corrected chi connectivity index (χ4v) is 4.05. The summed E-state index contributed by atoms with van der Waals surface area (Å²) >= 11 is 0. The Labute approximate surface area is 127 Å². The Morgan fingerprint density at radius 3 is 2.14 bits per heavy atom. The molecule has 2 N–H and O–H groups in total. The van der Waals surface area contributed by atoms with Gasteiger partial charge in [-0.2, -0.15) is 0 Å². The van der Waals surface area contributed by atoms with Crippen molar-refractivity contribution in [2.45, 2.75) is 72.1 Å². The van der Waals surface area contributed by atoms with E-state index in [0.717, 1.165) is 44.9 Å². The van der Waals surface area contributed by atoms with Crippen LogP contribution < -0.4 is 0 Å². The number of aliphatic carboxylic acids is 2. The topological polar surface area (TPSA) is 74.6 Å². The quantitative estimate of drug-likeness (QED) is 0.418. The number of hydrogen-bond acceptors (Lipinski definition) is 2. The minimum absolute atomic E-state index is 0.241. The van der Waals surface area contributed by atoms with Crippen LogP contribution in [0.5, 0.6) is 0 Å². The molecule has 2 atom stereocenters. The second-order valence-corrected chi connectivity index (χ2v) is 6.27. The molecule has 1 rings (SSSR count). The summed E-state index contributed by atoms with van der Waals surface area (Å²) < 4.78 is 0. The van der Waals surface area contributed by atoms with Gasteiger partial charge in [0.2, 0.25) is 0 Å². The van der Waals surface area contributed by atoms with Gasteiger partial charge in [-0.25, -0.2) is 9.59 Å². The molecule has 0 saturated heterocycles. The van der Waals surface area contributed by atoms with Gasteiger partial charge < -0.3 is 10.2 Å². The molecular formula is C17H28O4. The van der Waals surface area contributed by atoms with E-state index in [0.29, 0.717) is 17.9 Å². The molecule has 1 saturated carbocycles. The molecule has 1 aliphatic rings. The van der Waals surface area contributed by atoms with E-state index < -0.39 is 11.9 Å². The first kappa shape index (κ1) is 17.7. The highest BCUT2D eigenvalue weighted by Crippen LogP contribution is 2.52. The van der Waals surface area contributed by atoms with E-state index in [1.54, 1.807) is 0 Å². The van der Waals surface area contributed by atoms with E-state index in [-0.39, 0.29) is 11.0 Å². The Hall–Kier alpha value is -1.32. The standard InChI is InChI=1S/C17H28O4/c1-4-8-13(14(15(18)19)16(20)21)17(10-5-2)11-7-6-9-12(17)3/h12H,4-11H2,1-3H3,(H,18,19)(H,20,21). The van der Waals surface area contributed by atoms with Gasteiger partial charge in [0.15, 0.2) is 0 Å². The third-order valence-corrected chi connectivity index (χ3v) is 4.98. The molecule has 1 aliphatic carbocycles. The van der Waals surface area contributed by atoms with Gasteiger partial charge in [0, 0.05) is 0 Å². The van der Waals surface area contributed by atoms with Crippen LogP contribution in [0.2, 0.25) is 0 Å². The second kappa shape index (κ2) is 7.62. The van der Waals surface area contributed by atoms with E-state index in [9.17, 15) is 19.8 Å². The zero-order valence-corrected chi connectivity index (χ0v) is 13.4. The van der Waals surface area contributed by atoms with Gasteiger partial charge >= 0.3 is 11.9 Å². The molecular weight excluding hydrogens is 268 g/mol. The lowest BCUT2D eigenvalue weighted by atomic mass is 9.59. The summed E-state index contributed by atoms with van der Waals surface area (Å²) in [6.07, 6.45) is 7.36. The first-order chi connectivity index (χ1) is 9.90. The number of rotatable bonds is 7. The third-order valence-electron chi connectivity index (χ3n) is 4.98. The van der Waals surface area contributed by atoms with Crippen LogP contribution in [0.3, 0.4) is 0 Å². The van der Waals surface area contributed by atoms with E-state index >= 15 is 0 Å². The molecule has 0 bridgehead atoms. The van der Waals surface area contributed by atoms with Crippen LogP contribution in [0, 0.1) is 11.3 Å². The smallest absolute Gasteiger partial charge is 0.343 e. The SMILES string of the molecule is CCCC(=C(C(=O)O)C(=O)O)C1(CCC)CCCCC1C. The lowest BCUT2D eigenvalue weighted by Crippen LogP contribution is -2.37. The van der Waals surface area contributed by atoms with Gasteiger partial charge in [-0.1, -0.05) is 46.5 Å². The predicted octanol–water partition coefficient (Wildman–Crippen LogP) is 4.25. The molecule has 0 aromatic heterocycles. The Morgan fingerprint density at radius 2 is 1.71 bits per heavy atom. The first-order valence-electron chi connectivity index (χ1n) is 8.10. The van der Waals surface area contributed by atoms with Crippen molar-refractivity contribution >= 4 is 11.9 Å². The maximum atomic E-state index is 11.5. The average molecular weight is 296 g/mol. The summed E-state index contributed by atoms with van der Waals surface area (Å²) in [5.41, 5.74) is 0.0628. The van der Waals surface area contributed by atoms with Gasteiger partial charge in [-0.15, -0.1) is 0 Å². The summed E-state index contributed by atoms with van der Waals surface area (Å²) in [5.74, 6) is -2.24. The maximum absolute atomic E-state index is 11.5. The molecule has 120 valence electrons. The molecule has 0 aliphatic heterocycles. The zero-order chi connectivity index (χ0) is 16.0. The number of carbonyl (C=O) groups is 2. The number of allylic oxidation sites excluding steroid dienone is 1. The van der Waals surface area contributed by atoms with Gasteiger partial charge in [-0.3, -0.25) is 0 Å². The van der Waals surface area contributed by atoms with Crippen molar-refractivity contribution in [3.05, 3.63) is 11.1 Å². The van der Waals surface area contributed by atoms with Crippen molar-refractivity contribution in [3.8, 4) is 0 Å². The molecule has 4 heteroatoms. The summed E-state index contributed by atoms with van der Waals surface area (Å²) in [7, 11) is 0. The Balaban J connectivity index is 3.48. The second-order valence-electron chi connectivity index (χ2n) is 6.27. The number of hydrogen-bond donors (Lipinski definition) is 2. The normalized spacial score (nSPS) is 25.4. The van der Waals surface area contributed by atoms with Crippen molar-refractivity contribution in [1.29, 1.82) is 0 Å². The van der Waals surface area contributed by atoms with Crippen molar-refractivity contribution < 1.29 is 19.8 Å². The molecule has 21 heavy (non-hydrogen) atoms. The molecule has 0 aromatic rings. The van der Waals surface area contributed by atoms with Gasteiger partial charge in [0.25, 0.3) is 0 Å². The highest BCUT2D eigenvalue weighted by molar-refractivity contribution is 6.13. The van der Waals surface area contributed by atoms with Gasteiger partial charge in [0.1, 0.15) is 5.57 Å². The maximum Gasteiger partial charge on any atom is 0.343 e. The third kappa shape index (κ3) is 3.66. The largest absolute Gasteiger partial charge is 0.477 e. The summed E-state index contributed by atoms with van der Waals surface area (Å²) in [6, 6.07) is 0. The van der Waals surface area contributed by atoms with Gasteiger partial charge in [0.05, 0.1) is 0 Å². The Kier molecular flexibility index (Phi) is 6.43. The molecule has 0 amide bonds. The molecule has 2 unspecified atom stereocenters. The van der Waals surface area contributed by atoms with Crippen LogP contribution in [0.1, 0.15) is 72.1 Å². The van der Waals surface area contributed by atoms with E-state index in [1.165, 1.54) is 0 Å². The lowest BCUT2D eigenvalue weighted by molar-refractivity contribution is -0.140. The Morgan fingerprint density at radius 1 is 1.10 bits per heavy atom. The molecule has 4 nitrogen and oxygen atoms in total. The van der Waals surface area contributed by atoms with Crippen molar-refractivity contribution in [2.24, 2.45) is 11.3 Å². The van der Waals surface area contributed by atoms with Crippen LogP contribution in [0.15, 0.2) is 11.1 Å². The summed E-state index contributed by atoms with van der Waals surface area (Å²) in [6.45, 7) is 6.23. The minimum atomic E-state index is -1.29. The molecule has 0 aromatic carbocycles. The lowest BCUT2D eigenvalue weighted by Gasteiger charge is -2.45. The van der Waals surface area contributed by atoms with E-state index in [4.69, 9.17) is 0 Å². The summed E-state index contributed by atoms with van der Waals surface area (Å²) in [4.78, 5) is 23.0. The van der Waals surface area contributed by atoms with Crippen LogP contribution in [-0.4, -0.2) is 22.2 Å². The van der Waals surface area contributed by atoms with Gasteiger partial charge in [-0.05, 0) is 42.6 Å². The van der Waals surface area contributed by atoms with Crippen LogP contribution in [0.25, 0.3) is 0 Å². The monoisotopic (exact) mass is 296 g/mol. The molecule has 0 radical (unpaired) electrons. The van der Waals surface area contributed by atoms with Crippen LogP contribution in [0.4, 0.5) is 0 Å². The first-order valence-corrected chi connectivity index (χ1v) is 8.10. The fraction of sp³-hybridized carbons (Fsp3) is 0.765. The van der Waals surface area contributed by atoms with E-state index in [2.05, 4.69) is 13.8 Å². The highest BCUT2D eigenvalue weighted by atomic mass is 16.4. The fourth-order valence-electron chi connectivity index (χ4n) is 4.05.